The Hall–Kier alpha value is -2.24. The molecule has 3 fully saturated rings. The number of carbonyl (C=O) groups excluding carboxylic acids is 1. The molecule has 1 N–H and O–H groups in total. The van der Waals surface area contributed by atoms with Gasteiger partial charge in [-0.25, -0.2) is 4.39 Å². The summed E-state index contributed by atoms with van der Waals surface area (Å²) >= 11 is 0. The van der Waals surface area contributed by atoms with Gasteiger partial charge < -0.3 is 10.0 Å². The maximum absolute atomic E-state index is 14.4. The van der Waals surface area contributed by atoms with Crippen LogP contribution in [0.1, 0.15) is 49.1 Å². The largest absolute Gasteiger partial charge is 0.395 e. The van der Waals surface area contributed by atoms with E-state index in [0.29, 0.717) is 25.2 Å². The number of hydrogen-bond acceptors (Lipinski definition) is 3. The molecule has 1 amide bonds. The number of amides is 1. The highest BCUT2D eigenvalue weighted by Crippen LogP contribution is 2.54. The van der Waals surface area contributed by atoms with E-state index in [1.54, 1.807) is 6.07 Å². The summed E-state index contributed by atoms with van der Waals surface area (Å²) in [6, 6.07) is 17.1. The van der Waals surface area contributed by atoms with Crippen molar-refractivity contribution >= 4 is 5.91 Å². The number of aliphatic hydroxyl groups excluding tert-OH is 1. The van der Waals surface area contributed by atoms with Crippen molar-refractivity contribution < 1.29 is 14.3 Å². The van der Waals surface area contributed by atoms with E-state index in [1.807, 2.05) is 35.2 Å². The van der Waals surface area contributed by atoms with Crippen molar-refractivity contribution in [2.45, 2.75) is 56.1 Å². The lowest BCUT2D eigenvalue weighted by atomic mass is 9.60. The van der Waals surface area contributed by atoms with Crippen LogP contribution in [0.4, 0.5) is 4.39 Å². The second-order valence-electron chi connectivity index (χ2n) is 9.49. The van der Waals surface area contributed by atoms with Crippen LogP contribution in [0.3, 0.4) is 0 Å². The molecule has 2 heterocycles. The molecule has 0 unspecified atom stereocenters. The monoisotopic (exact) mass is 422 g/mol. The highest BCUT2D eigenvalue weighted by molar-refractivity contribution is 5.80. The third-order valence-corrected chi connectivity index (χ3v) is 7.78. The van der Waals surface area contributed by atoms with Gasteiger partial charge in [-0.1, -0.05) is 67.8 Å². The Morgan fingerprint density at radius 3 is 2.35 bits per heavy atom. The number of nitrogens with zero attached hydrogens (tertiary/aromatic N) is 2. The number of aliphatic hydroxyl groups is 1. The number of rotatable bonds is 5. The fourth-order valence-corrected chi connectivity index (χ4v) is 6.20. The van der Waals surface area contributed by atoms with Gasteiger partial charge >= 0.3 is 0 Å². The van der Waals surface area contributed by atoms with Crippen LogP contribution >= 0.6 is 0 Å². The van der Waals surface area contributed by atoms with Crippen LogP contribution in [0.15, 0.2) is 54.6 Å². The Bertz CT molecular complexity index is 922. The van der Waals surface area contributed by atoms with Gasteiger partial charge in [-0.05, 0) is 24.5 Å². The van der Waals surface area contributed by atoms with Gasteiger partial charge in [0.05, 0.1) is 12.1 Å². The molecule has 31 heavy (non-hydrogen) atoms. The van der Waals surface area contributed by atoms with E-state index in [1.165, 1.54) is 18.1 Å². The molecular formula is C26H31FN2O2. The first kappa shape index (κ1) is 20.7. The Labute approximate surface area is 183 Å². The van der Waals surface area contributed by atoms with Gasteiger partial charge in [-0.15, -0.1) is 0 Å². The molecule has 0 aromatic heterocycles. The minimum absolute atomic E-state index is 0.0202. The zero-order chi connectivity index (χ0) is 21.4. The molecule has 1 spiro atoms. The van der Waals surface area contributed by atoms with Crippen molar-refractivity contribution in [3.05, 3.63) is 71.5 Å². The molecule has 1 saturated carbocycles. The van der Waals surface area contributed by atoms with Crippen LogP contribution in [0.2, 0.25) is 0 Å². The lowest BCUT2D eigenvalue weighted by molar-refractivity contribution is -0.202. The number of halogens is 1. The molecule has 2 aromatic carbocycles. The second kappa shape index (κ2) is 8.36. The molecule has 5 heteroatoms. The zero-order valence-electron chi connectivity index (χ0n) is 17.9. The summed E-state index contributed by atoms with van der Waals surface area (Å²) in [5, 5.41) is 10.3. The number of likely N-dealkylation sites (tertiary alicyclic amines) is 2. The summed E-state index contributed by atoms with van der Waals surface area (Å²) in [6.07, 6.45) is 5.53. The van der Waals surface area contributed by atoms with E-state index < -0.39 is 0 Å². The molecule has 3 aliphatic rings. The first-order valence-corrected chi connectivity index (χ1v) is 11.6. The predicted octanol–water partition coefficient (Wildman–Crippen LogP) is 3.95. The predicted molar refractivity (Wildman–Crippen MR) is 118 cm³/mol. The average molecular weight is 423 g/mol. The summed E-state index contributed by atoms with van der Waals surface area (Å²) in [6.45, 7) is 1.79. The first-order chi connectivity index (χ1) is 15.1. The maximum atomic E-state index is 14.4. The molecule has 0 bridgehead atoms. The molecule has 0 radical (unpaired) electrons. The Morgan fingerprint density at radius 2 is 1.68 bits per heavy atom. The molecule has 164 valence electrons. The maximum Gasteiger partial charge on any atom is 0.225 e. The van der Waals surface area contributed by atoms with E-state index in [2.05, 4.69) is 17.0 Å². The molecule has 2 saturated heterocycles. The molecular weight excluding hydrogens is 391 g/mol. The third-order valence-electron chi connectivity index (χ3n) is 7.78. The van der Waals surface area contributed by atoms with Crippen molar-refractivity contribution in [3.8, 4) is 0 Å². The van der Waals surface area contributed by atoms with E-state index in [0.717, 1.165) is 25.7 Å². The normalized spacial score (nSPS) is 25.8. The summed E-state index contributed by atoms with van der Waals surface area (Å²) in [5.74, 6) is 0.373. The highest BCUT2D eigenvalue weighted by atomic mass is 19.1. The van der Waals surface area contributed by atoms with Crippen LogP contribution in [-0.2, 0) is 11.3 Å². The Morgan fingerprint density at radius 1 is 1.00 bits per heavy atom. The number of carbonyl (C=O) groups is 1. The molecule has 2 aliphatic heterocycles. The zero-order valence-corrected chi connectivity index (χ0v) is 17.9. The van der Waals surface area contributed by atoms with Gasteiger partial charge in [-0.3, -0.25) is 9.69 Å². The number of hydrogen-bond donors (Lipinski definition) is 1. The molecule has 4 nitrogen and oxygen atoms in total. The molecule has 1 aliphatic carbocycles. The van der Waals surface area contributed by atoms with Gasteiger partial charge in [0.1, 0.15) is 5.82 Å². The fraction of sp³-hybridized carbons (Fsp3) is 0.500. The van der Waals surface area contributed by atoms with Crippen molar-refractivity contribution in [2.75, 3.05) is 19.7 Å². The SMILES string of the molecule is O=C(C1CCCCC1)N1CC2(C1)[C@@H](c1ccccc1)[C@H](CO)N2Cc1ccccc1F. The van der Waals surface area contributed by atoms with E-state index in [4.69, 9.17) is 0 Å². The highest BCUT2D eigenvalue weighted by Gasteiger charge is 2.66. The fourth-order valence-electron chi connectivity index (χ4n) is 6.20. The Kier molecular flexibility index (Phi) is 5.57. The summed E-state index contributed by atoms with van der Waals surface area (Å²) in [5.41, 5.74) is 1.60. The smallest absolute Gasteiger partial charge is 0.225 e. The van der Waals surface area contributed by atoms with Crippen molar-refractivity contribution in [1.29, 1.82) is 0 Å². The van der Waals surface area contributed by atoms with Crippen molar-refractivity contribution in [2.24, 2.45) is 5.92 Å². The van der Waals surface area contributed by atoms with Gasteiger partial charge in [0.15, 0.2) is 0 Å². The standard InChI is InChI=1S/C26H31FN2O2/c27-22-14-8-7-13-21(22)15-29-23(16-30)24(19-9-3-1-4-10-19)26(29)17-28(18-26)25(31)20-11-5-2-6-12-20/h1,3-4,7-10,13-14,20,23-24,30H,2,5-6,11-12,15-18H2/t23-,24-/m0/s1. The molecule has 2 atom stereocenters. The molecule has 2 aromatic rings. The second-order valence-corrected chi connectivity index (χ2v) is 9.49. The minimum Gasteiger partial charge on any atom is -0.395 e. The lowest BCUT2D eigenvalue weighted by Crippen LogP contribution is -2.84. The summed E-state index contributed by atoms with van der Waals surface area (Å²) in [7, 11) is 0. The van der Waals surface area contributed by atoms with Gasteiger partial charge in [0, 0.05) is 43.1 Å². The Balaban J connectivity index is 1.41. The van der Waals surface area contributed by atoms with Gasteiger partial charge in [0.25, 0.3) is 0 Å². The van der Waals surface area contributed by atoms with Gasteiger partial charge in [0.2, 0.25) is 5.91 Å². The van der Waals surface area contributed by atoms with Gasteiger partial charge in [-0.2, -0.15) is 0 Å². The third kappa shape index (κ3) is 3.48. The topological polar surface area (TPSA) is 43.8 Å². The minimum atomic E-state index is -0.235. The quantitative estimate of drug-likeness (QED) is 0.794. The first-order valence-electron chi connectivity index (χ1n) is 11.6. The van der Waals surface area contributed by atoms with Crippen LogP contribution in [0.5, 0.6) is 0 Å². The summed E-state index contributed by atoms with van der Waals surface area (Å²) in [4.78, 5) is 17.4. The lowest BCUT2D eigenvalue weighted by Gasteiger charge is -2.71. The molecule has 5 rings (SSSR count). The van der Waals surface area contributed by atoms with Crippen LogP contribution in [-0.4, -0.2) is 52.1 Å². The van der Waals surface area contributed by atoms with Crippen molar-refractivity contribution in [3.63, 3.8) is 0 Å². The van der Waals surface area contributed by atoms with E-state index >= 15 is 0 Å². The van der Waals surface area contributed by atoms with Crippen LogP contribution in [0.25, 0.3) is 0 Å². The average Bonchev–Trinajstić information content (AvgIpc) is 2.78. The summed E-state index contributed by atoms with van der Waals surface area (Å²) < 4.78 is 14.4. The van der Waals surface area contributed by atoms with E-state index in [-0.39, 0.29) is 41.7 Å². The van der Waals surface area contributed by atoms with Crippen LogP contribution in [0, 0.1) is 11.7 Å². The van der Waals surface area contributed by atoms with Crippen molar-refractivity contribution in [1.82, 2.24) is 9.80 Å². The number of benzene rings is 2. The van der Waals surface area contributed by atoms with Crippen LogP contribution < -0.4 is 0 Å². The van der Waals surface area contributed by atoms with E-state index in [9.17, 15) is 14.3 Å².